The molecule has 1 N–H and O–H groups in total. The van der Waals surface area contributed by atoms with Crippen LogP contribution in [0, 0.1) is 10.1 Å². The Morgan fingerprint density at radius 1 is 1.16 bits per heavy atom. The Balaban J connectivity index is 1.51. The van der Waals surface area contributed by atoms with Crippen molar-refractivity contribution in [2.75, 3.05) is 39.3 Å². The number of nitro groups is 1. The van der Waals surface area contributed by atoms with Crippen molar-refractivity contribution in [3.05, 3.63) is 64.2 Å². The van der Waals surface area contributed by atoms with Crippen LogP contribution in [0.3, 0.4) is 0 Å². The molecular weight excluding hydrogens is 438 g/mol. The van der Waals surface area contributed by atoms with Gasteiger partial charge in [0.1, 0.15) is 18.5 Å². The topological polar surface area (TPSA) is 130 Å². The predicted molar refractivity (Wildman–Crippen MR) is 116 cm³/mol. The summed E-state index contributed by atoms with van der Waals surface area (Å²) in [5.41, 5.74) is 0.250. The third-order valence-corrected chi connectivity index (χ3v) is 7.04. The molecule has 11 heteroatoms. The average molecular weight is 464 g/mol. The van der Waals surface area contributed by atoms with Gasteiger partial charge >= 0.3 is 0 Å². The minimum Gasteiger partial charge on any atom is -0.491 e. The van der Waals surface area contributed by atoms with Crippen LogP contribution < -0.4 is 4.74 Å². The number of Topliss-reactive ketones (excluding diaryl/α,β-unsaturated/α-hetero) is 1. The van der Waals surface area contributed by atoms with Crippen LogP contribution in [0.2, 0.25) is 0 Å². The molecule has 1 aliphatic rings. The first-order valence-corrected chi connectivity index (χ1v) is 11.5. The quantitative estimate of drug-likeness (QED) is 0.337. The highest BCUT2D eigenvalue weighted by Gasteiger charge is 2.30. The first kappa shape index (κ1) is 23.8. The number of nitro benzene ring substituents is 1. The van der Waals surface area contributed by atoms with Gasteiger partial charge in [-0.2, -0.15) is 4.31 Å². The van der Waals surface area contributed by atoms with E-state index in [4.69, 9.17) is 4.74 Å². The summed E-state index contributed by atoms with van der Waals surface area (Å²) in [4.78, 5) is 23.6. The fraction of sp³-hybridized carbons (Fsp3) is 0.381. The number of β-amino-alcohol motifs (C(OH)–C–C–N with tert-alkyl or cyclic N) is 1. The number of hydrogen-bond acceptors (Lipinski definition) is 8. The molecule has 2 aromatic carbocycles. The number of carbonyl (C=O) groups is 1. The molecule has 1 fully saturated rings. The Morgan fingerprint density at radius 2 is 1.84 bits per heavy atom. The predicted octanol–water partition coefficient (Wildman–Crippen LogP) is 1.54. The summed E-state index contributed by atoms with van der Waals surface area (Å²) in [5.74, 6) is 0.415. The molecule has 32 heavy (non-hydrogen) atoms. The summed E-state index contributed by atoms with van der Waals surface area (Å²) in [5, 5.41) is 21.2. The normalized spacial score (nSPS) is 16.4. The minimum atomic E-state index is -3.84. The highest BCUT2D eigenvalue weighted by Crippen LogP contribution is 2.22. The number of benzene rings is 2. The molecule has 0 radical (unpaired) electrons. The van der Waals surface area contributed by atoms with Crippen LogP contribution in [-0.4, -0.2) is 78.9 Å². The van der Waals surface area contributed by atoms with Crippen molar-refractivity contribution in [3.63, 3.8) is 0 Å². The van der Waals surface area contributed by atoms with E-state index in [1.807, 2.05) is 4.90 Å². The Hall–Kier alpha value is -2.86. The molecule has 0 aromatic heterocycles. The molecule has 1 heterocycles. The van der Waals surface area contributed by atoms with E-state index in [0.29, 0.717) is 30.9 Å². The van der Waals surface area contributed by atoms with E-state index < -0.39 is 21.1 Å². The molecule has 1 unspecified atom stereocenters. The third kappa shape index (κ3) is 5.88. The lowest BCUT2D eigenvalue weighted by Crippen LogP contribution is -2.50. The highest BCUT2D eigenvalue weighted by atomic mass is 32.2. The fourth-order valence-corrected chi connectivity index (χ4v) is 4.87. The number of ketones is 1. The van der Waals surface area contributed by atoms with Gasteiger partial charge in [-0.3, -0.25) is 19.8 Å². The van der Waals surface area contributed by atoms with Crippen LogP contribution in [0.15, 0.2) is 53.4 Å². The number of piperazine rings is 1. The van der Waals surface area contributed by atoms with Crippen molar-refractivity contribution in [1.29, 1.82) is 0 Å². The molecule has 0 amide bonds. The Labute approximate surface area is 186 Å². The van der Waals surface area contributed by atoms with Crippen LogP contribution in [0.1, 0.15) is 17.3 Å². The van der Waals surface area contributed by atoms with Crippen molar-refractivity contribution in [1.82, 2.24) is 9.21 Å². The van der Waals surface area contributed by atoms with Crippen molar-refractivity contribution in [2.24, 2.45) is 0 Å². The minimum absolute atomic E-state index is 0.0353. The summed E-state index contributed by atoms with van der Waals surface area (Å²) in [7, 11) is -3.84. The molecule has 10 nitrogen and oxygen atoms in total. The lowest BCUT2D eigenvalue weighted by molar-refractivity contribution is -0.385. The Bertz CT molecular complexity index is 1080. The van der Waals surface area contributed by atoms with Crippen molar-refractivity contribution >= 4 is 21.5 Å². The number of non-ortho nitro benzene ring substituents is 1. The smallest absolute Gasteiger partial charge is 0.270 e. The lowest BCUT2D eigenvalue weighted by Gasteiger charge is -2.34. The zero-order chi connectivity index (χ0) is 23.3. The third-order valence-electron chi connectivity index (χ3n) is 5.15. The monoisotopic (exact) mass is 463 g/mol. The standard InChI is InChI=1S/C21H25N3O7S/c1-16(25)17-4-2-6-20(12-17)31-15-19(26)14-22-8-10-23(11-9-22)32(29,30)21-7-3-5-18(13-21)24(27)28/h2-7,12-13,19,26H,8-11,14-15H2,1H3. The maximum Gasteiger partial charge on any atom is 0.270 e. The number of aliphatic hydroxyl groups excluding tert-OH is 1. The van der Waals surface area contributed by atoms with Gasteiger partial charge in [-0.15, -0.1) is 0 Å². The van der Waals surface area contributed by atoms with Crippen molar-refractivity contribution in [3.8, 4) is 5.75 Å². The van der Waals surface area contributed by atoms with E-state index in [2.05, 4.69) is 0 Å². The zero-order valence-electron chi connectivity index (χ0n) is 17.6. The molecule has 0 saturated carbocycles. The van der Waals surface area contributed by atoms with Crippen LogP contribution >= 0.6 is 0 Å². The summed E-state index contributed by atoms with van der Waals surface area (Å²) in [6.07, 6.45) is -0.795. The van der Waals surface area contributed by atoms with Gasteiger partial charge in [0, 0.05) is 50.4 Å². The number of carbonyl (C=O) groups excluding carboxylic acids is 1. The number of aliphatic hydroxyl groups is 1. The fourth-order valence-electron chi connectivity index (χ4n) is 3.41. The number of ether oxygens (including phenoxy) is 1. The molecule has 172 valence electrons. The molecule has 1 aliphatic heterocycles. The maximum absolute atomic E-state index is 12.8. The van der Waals surface area contributed by atoms with Gasteiger partial charge in [0.25, 0.3) is 5.69 Å². The van der Waals surface area contributed by atoms with Crippen molar-refractivity contribution < 1.29 is 28.0 Å². The van der Waals surface area contributed by atoms with Gasteiger partial charge < -0.3 is 9.84 Å². The highest BCUT2D eigenvalue weighted by molar-refractivity contribution is 7.89. The van der Waals surface area contributed by atoms with E-state index in [-0.39, 0.29) is 36.1 Å². The first-order valence-electron chi connectivity index (χ1n) is 10.1. The largest absolute Gasteiger partial charge is 0.491 e. The van der Waals surface area contributed by atoms with E-state index in [0.717, 1.165) is 6.07 Å². The van der Waals surface area contributed by atoms with E-state index in [1.165, 1.54) is 29.4 Å². The van der Waals surface area contributed by atoms with Crippen LogP contribution in [-0.2, 0) is 10.0 Å². The SMILES string of the molecule is CC(=O)c1cccc(OCC(O)CN2CCN(S(=O)(=O)c3cccc([N+](=O)[O-])c3)CC2)c1. The van der Waals surface area contributed by atoms with Gasteiger partial charge in [-0.25, -0.2) is 8.42 Å². The van der Waals surface area contributed by atoms with Crippen LogP contribution in [0.25, 0.3) is 0 Å². The zero-order valence-corrected chi connectivity index (χ0v) is 18.4. The average Bonchev–Trinajstić information content (AvgIpc) is 2.78. The molecule has 0 spiro atoms. The maximum atomic E-state index is 12.8. The van der Waals surface area contributed by atoms with E-state index in [9.17, 15) is 28.4 Å². The van der Waals surface area contributed by atoms with Gasteiger partial charge in [-0.05, 0) is 25.1 Å². The first-order chi connectivity index (χ1) is 15.2. The van der Waals surface area contributed by atoms with Crippen LogP contribution in [0.4, 0.5) is 5.69 Å². The molecular formula is C21H25N3O7S. The molecule has 2 aromatic rings. The molecule has 0 bridgehead atoms. The Morgan fingerprint density at radius 3 is 2.50 bits per heavy atom. The number of rotatable bonds is 9. The van der Waals surface area contributed by atoms with Crippen LogP contribution in [0.5, 0.6) is 5.75 Å². The summed E-state index contributed by atoms with van der Waals surface area (Å²) < 4.78 is 32.5. The summed E-state index contributed by atoms with van der Waals surface area (Å²) in [6.45, 7) is 3.03. The van der Waals surface area contributed by atoms with E-state index >= 15 is 0 Å². The number of hydrogen-bond donors (Lipinski definition) is 1. The van der Waals surface area contributed by atoms with Gasteiger partial charge in [-0.1, -0.05) is 18.2 Å². The molecule has 1 atom stereocenters. The van der Waals surface area contributed by atoms with Gasteiger partial charge in [0.2, 0.25) is 10.0 Å². The second-order valence-electron chi connectivity index (χ2n) is 7.51. The van der Waals surface area contributed by atoms with Gasteiger partial charge in [0.15, 0.2) is 5.78 Å². The summed E-state index contributed by atoms with van der Waals surface area (Å²) >= 11 is 0. The van der Waals surface area contributed by atoms with Gasteiger partial charge in [0.05, 0.1) is 9.82 Å². The number of sulfonamides is 1. The second kappa shape index (κ2) is 10.2. The summed E-state index contributed by atoms with van der Waals surface area (Å²) in [6, 6.07) is 11.7. The van der Waals surface area contributed by atoms with Crippen molar-refractivity contribution in [2.45, 2.75) is 17.9 Å². The van der Waals surface area contributed by atoms with E-state index in [1.54, 1.807) is 24.3 Å². The molecule has 0 aliphatic carbocycles. The second-order valence-corrected chi connectivity index (χ2v) is 9.45. The number of nitrogens with zero attached hydrogens (tertiary/aromatic N) is 3. The Kier molecular flexibility index (Phi) is 7.56. The molecule has 1 saturated heterocycles. The molecule has 3 rings (SSSR count). The lowest BCUT2D eigenvalue weighted by atomic mass is 10.1.